The quantitative estimate of drug-likeness (QED) is 0.0875. The zero-order chi connectivity index (χ0) is 22.0. The lowest BCUT2D eigenvalue weighted by atomic mass is 10.1. The molecule has 0 aromatic rings. The lowest BCUT2D eigenvalue weighted by Crippen LogP contribution is -2.02. The van der Waals surface area contributed by atoms with Crippen LogP contribution in [0.15, 0.2) is 24.2 Å². The zero-order valence-electron chi connectivity index (χ0n) is 20.9. The molecule has 0 aliphatic heterocycles. The van der Waals surface area contributed by atoms with Crippen molar-refractivity contribution in [3.8, 4) is 0 Å². The standard InChI is InChI=1S/C28H54O2/c1-4-7-10-13-16-17-18-19-22-25-28(29-26-23-20-14-11-8-5-2)30-27-24-21-15-12-9-6-3/h19,22,25H,4-18,20-21,23-24,26-27H2,1-3H3. The van der Waals surface area contributed by atoms with Crippen LogP contribution in [0.1, 0.15) is 143 Å². The number of ether oxygens (including phenoxy) is 2. The van der Waals surface area contributed by atoms with E-state index in [9.17, 15) is 0 Å². The number of unbranched alkanes of at least 4 members (excludes halogenated alkanes) is 16. The summed E-state index contributed by atoms with van der Waals surface area (Å²) < 4.78 is 11.9. The predicted octanol–water partition coefficient (Wildman–Crippen LogP) is 9.89. The van der Waals surface area contributed by atoms with E-state index in [1.165, 1.54) is 103 Å². The third kappa shape index (κ3) is 23.4. The summed E-state index contributed by atoms with van der Waals surface area (Å²) >= 11 is 0. The maximum atomic E-state index is 5.95. The summed E-state index contributed by atoms with van der Waals surface area (Å²) in [5.74, 6) is 0.719. The molecule has 0 amide bonds. The summed E-state index contributed by atoms with van der Waals surface area (Å²) in [6.07, 6.45) is 31.2. The molecule has 2 heteroatoms. The molecule has 0 atom stereocenters. The van der Waals surface area contributed by atoms with Crippen LogP contribution in [-0.2, 0) is 9.47 Å². The summed E-state index contributed by atoms with van der Waals surface area (Å²) in [6.45, 7) is 8.36. The molecule has 178 valence electrons. The van der Waals surface area contributed by atoms with Crippen LogP contribution in [0.4, 0.5) is 0 Å². The Morgan fingerprint density at radius 2 is 0.900 bits per heavy atom. The van der Waals surface area contributed by atoms with Crippen LogP contribution in [0.5, 0.6) is 0 Å². The topological polar surface area (TPSA) is 18.5 Å². The summed E-state index contributed by atoms with van der Waals surface area (Å²) in [7, 11) is 0. The zero-order valence-corrected chi connectivity index (χ0v) is 20.9. The van der Waals surface area contributed by atoms with Crippen LogP contribution < -0.4 is 0 Å². The highest BCUT2D eigenvalue weighted by atomic mass is 16.7. The van der Waals surface area contributed by atoms with Gasteiger partial charge in [0.1, 0.15) is 0 Å². The second-order valence-electron chi connectivity index (χ2n) is 8.70. The Hall–Kier alpha value is -0.920. The largest absolute Gasteiger partial charge is 0.465 e. The van der Waals surface area contributed by atoms with Gasteiger partial charge in [0.25, 0.3) is 5.95 Å². The molecule has 0 aromatic carbocycles. The van der Waals surface area contributed by atoms with Gasteiger partial charge in [-0.05, 0) is 25.7 Å². The van der Waals surface area contributed by atoms with Gasteiger partial charge in [0, 0.05) is 6.08 Å². The Balaban J connectivity index is 4.05. The van der Waals surface area contributed by atoms with E-state index >= 15 is 0 Å². The molecule has 0 rings (SSSR count). The van der Waals surface area contributed by atoms with E-state index < -0.39 is 0 Å². The highest BCUT2D eigenvalue weighted by Crippen LogP contribution is 2.11. The van der Waals surface area contributed by atoms with Gasteiger partial charge in [-0.25, -0.2) is 0 Å². The SMILES string of the molecule is CCCCCCCCC=CC=C(OCCCCCCCC)OCCCCCCCC. The first-order valence-electron chi connectivity index (χ1n) is 13.5. The monoisotopic (exact) mass is 422 g/mol. The lowest BCUT2D eigenvalue weighted by molar-refractivity contribution is 0.0323. The van der Waals surface area contributed by atoms with E-state index in [2.05, 4.69) is 32.9 Å². The Kier molecular flexibility index (Phi) is 25.3. The molecule has 0 saturated carbocycles. The molecule has 0 aliphatic rings. The molecule has 0 saturated heterocycles. The van der Waals surface area contributed by atoms with Gasteiger partial charge in [0.05, 0.1) is 13.2 Å². The molecule has 30 heavy (non-hydrogen) atoms. The average molecular weight is 423 g/mol. The molecule has 0 bridgehead atoms. The normalized spacial score (nSPS) is 11.2. The highest BCUT2D eigenvalue weighted by Gasteiger charge is 2.00. The summed E-state index contributed by atoms with van der Waals surface area (Å²) in [4.78, 5) is 0. The van der Waals surface area contributed by atoms with E-state index in [4.69, 9.17) is 9.47 Å². The van der Waals surface area contributed by atoms with Crippen molar-refractivity contribution < 1.29 is 9.47 Å². The molecule has 0 fully saturated rings. The Morgan fingerprint density at radius 1 is 0.500 bits per heavy atom. The fraction of sp³-hybridized carbons (Fsp3) is 0.857. The number of hydrogen-bond donors (Lipinski definition) is 0. The van der Waals surface area contributed by atoms with Crippen molar-refractivity contribution in [2.24, 2.45) is 0 Å². The van der Waals surface area contributed by atoms with Gasteiger partial charge in [-0.1, -0.05) is 129 Å². The molecule has 0 aliphatic carbocycles. The van der Waals surface area contributed by atoms with Crippen molar-refractivity contribution >= 4 is 0 Å². The Bertz CT molecular complexity index is 353. The van der Waals surface area contributed by atoms with Gasteiger partial charge in [-0.15, -0.1) is 0 Å². The van der Waals surface area contributed by atoms with Gasteiger partial charge in [-0.3, -0.25) is 0 Å². The first-order valence-corrected chi connectivity index (χ1v) is 13.5. The molecule has 0 radical (unpaired) electrons. The van der Waals surface area contributed by atoms with E-state index in [1.54, 1.807) is 0 Å². The van der Waals surface area contributed by atoms with Gasteiger partial charge < -0.3 is 9.47 Å². The number of allylic oxidation sites excluding steroid dienone is 3. The smallest absolute Gasteiger partial charge is 0.279 e. The van der Waals surface area contributed by atoms with Crippen LogP contribution in [0, 0.1) is 0 Å². The van der Waals surface area contributed by atoms with Crippen LogP contribution in [0.3, 0.4) is 0 Å². The van der Waals surface area contributed by atoms with E-state index in [0.717, 1.165) is 38.4 Å². The van der Waals surface area contributed by atoms with Crippen molar-refractivity contribution in [1.82, 2.24) is 0 Å². The average Bonchev–Trinajstić information content (AvgIpc) is 2.76. The van der Waals surface area contributed by atoms with Crippen molar-refractivity contribution in [1.29, 1.82) is 0 Å². The first kappa shape index (κ1) is 29.1. The summed E-state index contributed by atoms with van der Waals surface area (Å²) in [5.41, 5.74) is 0. The molecule has 0 heterocycles. The number of rotatable bonds is 24. The minimum atomic E-state index is 0.719. The van der Waals surface area contributed by atoms with E-state index in [0.29, 0.717) is 0 Å². The van der Waals surface area contributed by atoms with E-state index in [1.807, 2.05) is 6.08 Å². The molecular formula is C28H54O2. The number of hydrogen-bond acceptors (Lipinski definition) is 2. The maximum Gasteiger partial charge on any atom is 0.279 e. The summed E-state index contributed by atoms with van der Waals surface area (Å²) in [6, 6.07) is 0. The minimum absolute atomic E-state index is 0.719. The van der Waals surface area contributed by atoms with Gasteiger partial charge in [0.2, 0.25) is 0 Å². The second-order valence-corrected chi connectivity index (χ2v) is 8.70. The predicted molar refractivity (Wildman–Crippen MR) is 134 cm³/mol. The van der Waals surface area contributed by atoms with Crippen LogP contribution in [-0.4, -0.2) is 13.2 Å². The van der Waals surface area contributed by atoms with E-state index in [-0.39, 0.29) is 0 Å². The second kappa shape index (κ2) is 26.1. The maximum absolute atomic E-state index is 5.95. The van der Waals surface area contributed by atoms with Crippen LogP contribution >= 0.6 is 0 Å². The molecule has 2 nitrogen and oxygen atoms in total. The highest BCUT2D eigenvalue weighted by molar-refractivity contribution is 5.03. The van der Waals surface area contributed by atoms with Crippen LogP contribution in [0.25, 0.3) is 0 Å². The molecule has 0 N–H and O–H groups in total. The van der Waals surface area contributed by atoms with Crippen LogP contribution in [0.2, 0.25) is 0 Å². The summed E-state index contributed by atoms with van der Waals surface area (Å²) in [5, 5.41) is 0. The Morgan fingerprint density at radius 3 is 1.37 bits per heavy atom. The van der Waals surface area contributed by atoms with Gasteiger partial charge in [-0.2, -0.15) is 0 Å². The molecular weight excluding hydrogens is 368 g/mol. The minimum Gasteiger partial charge on any atom is -0.465 e. The fourth-order valence-corrected chi connectivity index (χ4v) is 3.53. The third-order valence-electron chi connectivity index (χ3n) is 5.58. The Labute approximate surface area is 189 Å². The van der Waals surface area contributed by atoms with Gasteiger partial charge >= 0.3 is 0 Å². The van der Waals surface area contributed by atoms with Crippen molar-refractivity contribution in [3.63, 3.8) is 0 Å². The molecule has 0 aromatic heterocycles. The molecule has 0 spiro atoms. The van der Waals surface area contributed by atoms with Crippen molar-refractivity contribution in [2.45, 2.75) is 143 Å². The van der Waals surface area contributed by atoms with Gasteiger partial charge in [0.15, 0.2) is 0 Å². The fourth-order valence-electron chi connectivity index (χ4n) is 3.53. The lowest BCUT2D eigenvalue weighted by Gasteiger charge is -2.12. The first-order chi connectivity index (χ1) is 14.8. The van der Waals surface area contributed by atoms with Crippen molar-refractivity contribution in [3.05, 3.63) is 24.2 Å². The van der Waals surface area contributed by atoms with Crippen molar-refractivity contribution in [2.75, 3.05) is 13.2 Å². The third-order valence-corrected chi connectivity index (χ3v) is 5.58. The molecule has 0 unspecified atom stereocenters.